The number of nitrogens with one attached hydrogen (secondary N) is 3. The molecule has 3 N–H and O–H groups in total. The topological polar surface area (TPSA) is 155 Å². The van der Waals surface area contributed by atoms with Gasteiger partial charge in [-0.25, -0.2) is 9.79 Å². The number of hydrogen-bond donors (Lipinski definition) is 3. The molecule has 0 saturated carbocycles. The van der Waals surface area contributed by atoms with Crippen LogP contribution in [-0.2, 0) is 28.7 Å². The van der Waals surface area contributed by atoms with Crippen LogP contribution < -0.4 is 16.0 Å². The Labute approximate surface area is 246 Å². The maximum absolute atomic E-state index is 13.1. The van der Waals surface area contributed by atoms with Crippen LogP contribution in [0.2, 0.25) is 0 Å². The Bertz CT molecular complexity index is 1080. The first kappa shape index (κ1) is 33.9. The van der Waals surface area contributed by atoms with Gasteiger partial charge in [0.05, 0.1) is 19.5 Å². The summed E-state index contributed by atoms with van der Waals surface area (Å²) in [5.74, 6) is -1.82. The van der Waals surface area contributed by atoms with Gasteiger partial charge in [-0.3, -0.25) is 24.2 Å². The lowest BCUT2D eigenvalue weighted by molar-refractivity contribution is -0.153. The van der Waals surface area contributed by atoms with Gasteiger partial charge in [0.25, 0.3) is 11.8 Å². The van der Waals surface area contributed by atoms with E-state index in [1.807, 2.05) is 0 Å². The second-order valence-corrected chi connectivity index (χ2v) is 11.4. The lowest BCUT2D eigenvalue weighted by Gasteiger charge is -2.24. The fraction of sp³-hybridized carbons (Fsp3) is 0.621. The number of fused-ring (bicyclic) bond motifs is 1. The van der Waals surface area contributed by atoms with Crippen LogP contribution in [0.3, 0.4) is 0 Å². The number of esters is 1. The number of ether oxygens (including phenoxy) is 1. The standard InChI is InChI=1S/C29H43N5O6S/c1-5-7-8-9-10-14-25(36)41-15-12-11-13-20-16-24(35)31-18-23-30-17-22(32-23)28(38)33-21(6-2)27(37)34-26(19(3)4)29(39)40-20/h6,11,13,19-20,26H,5,7-10,12,14-18H2,1-4H3,(H,31,35)(H,33,38)(H,34,37)/b13-11+,21-6-/t20-,26+/m1/s1. The van der Waals surface area contributed by atoms with E-state index in [4.69, 9.17) is 4.74 Å². The molecule has 0 fully saturated rings. The van der Waals surface area contributed by atoms with Crippen molar-refractivity contribution in [2.24, 2.45) is 15.9 Å². The van der Waals surface area contributed by atoms with Gasteiger partial charge in [-0.1, -0.05) is 70.4 Å². The van der Waals surface area contributed by atoms with Gasteiger partial charge < -0.3 is 20.7 Å². The Hall–Kier alpha value is -3.28. The lowest BCUT2D eigenvalue weighted by Crippen LogP contribution is -2.49. The molecule has 0 saturated heterocycles. The Morgan fingerprint density at radius 1 is 1.12 bits per heavy atom. The van der Waals surface area contributed by atoms with Crippen molar-refractivity contribution in [2.75, 3.05) is 18.8 Å². The van der Waals surface area contributed by atoms with E-state index in [-0.39, 0.29) is 47.8 Å². The minimum atomic E-state index is -1.02. The Morgan fingerprint density at radius 3 is 2.59 bits per heavy atom. The number of cyclic esters (lactones) is 1. The molecule has 3 amide bonds. The Morgan fingerprint density at radius 2 is 1.88 bits per heavy atom. The first-order valence-electron chi connectivity index (χ1n) is 14.3. The molecule has 226 valence electrons. The highest BCUT2D eigenvalue weighted by Gasteiger charge is 2.30. The summed E-state index contributed by atoms with van der Waals surface area (Å²) in [4.78, 5) is 71.8. The lowest BCUT2D eigenvalue weighted by atomic mass is 10.0. The average Bonchev–Trinajstić information content (AvgIpc) is 3.41. The van der Waals surface area contributed by atoms with Crippen LogP contribution in [0, 0.1) is 5.92 Å². The highest BCUT2D eigenvalue weighted by molar-refractivity contribution is 8.13. The zero-order chi connectivity index (χ0) is 30.2. The molecule has 2 rings (SSSR count). The van der Waals surface area contributed by atoms with Gasteiger partial charge in [-0.15, -0.1) is 0 Å². The maximum atomic E-state index is 13.1. The zero-order valence-corrected chi connectivity index (χ0v) is 25.3. The van der Waals surface area contributed by atoms with E-state index < -0.39 is 35.8 Å². The fourth-order valence-corrected chi connectivity index (χ4v) is 4.79. The third kappa shape index (κ3) is 12.4. The van der Waals surface area contributed by atoms with Crippen LogP contribution in [0.25, 0.3) is 0 Å². The van der Waals surface area contributed by atoms with Crippen LogP contribution >= 0.6 is 11.8 Å². The highest BCUT2D eigenvalue weighted by atomic mass is 32.2. The first-order chi connectivity index (χ1) is 19.6. The Kier molecular flexibility index (Phi) is 15.1. The van der Waals surface area contributed by atoms with E-state index in [9.17, 15) is 24.0 Å². The number of thioether (sulfide) groups is 1. The molecule has 2 heterocycles. The van der Waals surface area contributed by atoms with Crippen molar-refractivity contribution in [3.63, 3.8) is 0 Å². The number of amidine groups is 1. The number of aliphatic imine (C=N–C) groups is 2. The molecule has 41 heavy (non-hydrogen) atoms. The normalized spacial score (nSPS) is 21.8. The number of carbonyl (C=O) groups excluding carboxylic acids is 5. The van der Waals surface area contributed by atoms with Crippen LogP contribution in [0.15, 0.2) is 33.9 Å². The van der Waals surface area contributed by atoms with Gasteiger partial charge in [0.1, 0.15) is 29.4 Å². The number of allylic oxidation sites excluding steroid dienone is 2. The van der Waals surface area contributed by atoms with Crippen molar-refractivity contribution in [2.45, 2.75) is 91.2 Å². The van der Waals surface area contributed by atoms with Crippen molar-refractivity contribution < 1.29 is 28.7 Å². The van der Waals surface area contributed by atoms with E-state index in [1.165, 1.54) is 30.7 Å². The monoisotopic (exact) mass is 589 g/mol. The second-order valence-electron chi connectivity index (χ2n) is 10.2. The summed E-state index contributed by atoms with van der Waals surface area (Å²) in [6.07, 6.45) is 10.4. The van der Waals surface area contributed by atoms with Crippen molar-refractivity contribution >= 4 is 52.1 Å². The van der Waals surface area contributed by atoms with Gasteiger partial charge in [0.2, 0.25) is 5.91 Å². The molecule has 11 nitrogen and oxygen atoms in total. The van der Waals surface area contributed by atoms with Gasteiger partial charge in [0, 0.05) is 12.2 Å². The van der Waals surface area contributed by atoms with Crippen molar-refractivity contribution in [1.82, 2.24) is 16.0 Å². The van der Waals surface area contributed by atoms with E-state index in [0.29, 0.717) is 18.6 Å². The predicted molar refractivity (Wildman–Crippen MR) is 161 cm³/mol. The molecule has 2 atom stereocenters. The van der Waals surface area contributed by atoms with Crippen molar-refractivity contribution in [1.29, 1.82) is 0 Å². The summed E-state index contributed by atoms with van der Waals surface area (Å²) in [7, 11) is 0. The molecule has 0 unspecified atom stereocenters. The molecule has 0 spiro atoms. The second kappa shape index (κ2) is 18.2. The molecule has 12 heteroatoms. The third-order valence-electron chi connectivity index (χ3n) is 6.41. The van der Waals surface area contributed by atoms with Gasteiger partial charge in [0.15, 0.2) is 5.12 Å². The number of carbonyl (C=O) groups is 5. The summed E-state index contributed by atoms with van der Waals surface area (Å²) in [6.45, 7) is 7.27. The molecule has 2 bridgehead atoms. The molecular formula is C29H43N5O6S. The molecular weight excluding hydrogens is 546 g/mol. The van der Waals surface area contributed by atoms with Gasteiger partial charge in [-0.05, 0) is 31.8 Å². The molecule has 0 aromatic carbocycles. The third-order valence-corrected chi connectivity index (χ3v) is 7.37. The molecule has 2 aliphatic rings. The molecule has 0 aromatic heterocycles. The van der Waals surface area contributed by atoms with Crippen molar-refractivity contribution in [3.8, 4) is 0 Å². The summed E-state index contributed by atoms with van der Waals surface area (Å²) in [6, 6.07) is -1.02. The minimum Gasteiger partial charge on any atom is -0.456 e. The summed E-state index contributed by atoms with van der Waals surface area (Å²) >= 11 is 1.28. The largest absolute Gasteiger partial charge is 0.456 e. The number of hydrogen-bond acceptors (Lipinski definition) is 9. The van der Waals surface area contributed by atoms with Gasteiger partial charge in [-0.2, -0.15) is 0 Å². The molecule has 0 radical (unpaired) electrons. The zero-order valence-electron chi connectivity index (χ0n) is 24.5. The van der Waals surface area contributed by atoms with Crippen LogP contribution in [-0.4, -0.2) is 71.3 Å². The number of nitrogens with zero attached hydrogens (tertiary/aromatic N) is 2. The van der Waals surface area contributed by atoms with E-state index in [2.05, 4.69) is 32.9 Å². The van der Waals surface area contributed by atoms with E-state index >= 15 is 0 Å². The molecule has 0 aromatic rings. The molecule has 0 aliphatic carbocycles. The number of amides is 3. The number of rotatable bonds is 11. The minimum absolute atomic E-state index is 0.00275. The number of unbranched alkanes of at least 4 members (excludes halogenated alkanes) is 4. The molecule has 2 aliphatic heterocycles. The smallest absolute Gasteiger partial charge is 0.329 e. The van der Waals surface area contributed by atoms with Crippen LogP contribution in [0.1, 0.15) is 79.1 Å². The van der Waals surface area contributed by atoms with E-state index in [0.717, 1.165) is 19.3 Å². The van der Waals surface area contributed by atoms with Gasteiger partial charge >= 0.3 is 5.97 Å². The first-order valence-corrected chi connectivity index (χ1v) is 15.3. The summed E-state index contributed by atoms with van der Waals surface area (Å²) in [5.41, 5.74) is 0.0800. The Balaban J connectivity index is 2.08. The summed E-state index contributed by atoms with van der Waals surface area (Å²) in [5, 5.41) is 8.01. The van der Waals surface area contributed by atoms with Crippen LogP contribution in [0.4, 0.5) is 0 Å². The SMILES string of the molecule is C/C=C1\NC(=O)C2=NC(=NC2)CNC(=O)C[C@@H](/C=C/CCSC(=O)CCCCCCC)OC(=O)[C@H](C(C)C)NC1=O. The maximum Gasteiger partial charge on any atom is 0.329 e. The van der Waals surface area contributed by atoms with E-state index in [1.54, 1.807) is 32.9 Å². The highest BCUT2D eigenvalue weighted by Crippen LogP contribution is 2.14. The summed E-state index contributed by atoms with van der Waals surface area (Å²) < 4.78 is 5.67. The average molecular weight is 590 g/mol. The quantitative estimate of drug-likeness (QED) is 0.145. The van der Waals surface area contributed by atoms with Crippen molar-refractivity contribution in [3.05, 3.63) is 23.9 Å². The van der Waals surface area contributed by atoms with Crippen LogP contribution in [0.5, 0.6) is 0 Å². The predicted octanol–water partition coefficient (Wildman–Crippen LogP) is 3.00. The fourth-order valence-electron chi connectivity index (χ4n) is 4.02.